The third-order valence-corrected chi connectivity index (χ3v) is 3.65. The van der Waals surface area contributed by atoms with Gasteiger partial charge < -0.3 is 5.32 Å². The van der Waals surface area contributed by atoms with Crippen molar-refractivity contribution in [2.75, 3.05) is 5.32 Å². The van der Waals surface area contributed by atoms with E-state index in [4.69, 9.17) is 0 Å². The van der Waals surface area contributed by atoms with Gasteiger partial charge in [0.05, 0.1) is 5.69 Å². The van der Waals surface area contributed by atoms with Crippen LogP contribution < -0.4 is 5.32 Å². The quantitative estimate of drug-likeness (QED) is 0.749. The number of nitrogens with one attached hydrogen (secondary N) is 2. The largest absolute Gasteiger partial charge is 0.326 e. The summed E-state index contributed by atoms with van der Waals surface area (Å²) >= 11 is 0. The first-order valence-electron chi connectivity index (χ1n) is 7.67. The van der Waals surface area contributed by atoms with Crippen LogP contribution in [0.4, 0.5) is 5.69 Å². The Hall–Kier alpha value is -2.88. The molecule has 3 rings (SSSR count). The Kier molecular flexibility index (Phi) is 4.52. The Morgan fingerprint density at radius 1 is 1.09 bits per heavy atom. The Balaban J connectivity index is 1.56. The topological polar surface area (TPSA) is 57.8 Å². The van der Waals surface area contributed by atoms with Crippen LogP contribution in [0.25, 0.3) is 11.3 Å². The zero-order valence-corrected chi connectivity index (χ0v) is 13.0. The molecule has 23 heavy (non-hydrogen) atoms. The molecule has 2 N–H and O–H groups in total. The summed E-state index contributed by atoms with van der Waals surface area (Å²) in [4.78, 5) is 12.0. The molecular formula is C19H19N3O. The van der Waals surface area contributed by atoms with E-state index in [1.165, 1.54) is 5.56 Å². The number of nitrogens with zero attached hydrogens (tertiary/aromatic N) is 1. The van der Waals surface area contributed by atoms with Gasteiger partial charge in [-0.3, -0.25) is 9.89 Å². The molecule has 0 aliphatic carbocycles. The summed E-state index contributed by atoms with van der Waals surface area (Å²) in [6.45, 7) is 1.97. The SMILES string of the molecule is Cc1cc(-c2ccc(NC(=O)CCc3ccccc3)cc2)n[nH]1. The number of aromatic amines is 1. The number of H-pyrrole nitrogens is 1. The molecule has 0 aliphatic heterocycles. The third-order valence-electron chi connectivity index (χ3n) is 3.65. The summed E-state index contributed by atoms with van der Waals surface area (Å²) < 4.78 is 0. The minimum Gasteiger partial charge on any atom is -0.326 e. The number of hydrogen-bond acceptors (Lipinski definition) is 2. The van der Waals surface area contributed by atoms with E-state index in [9.17, 15) is 4.79 Å². The van der Waals surface area contributed by atoms with Crippen LogP contribution in [-0.2, 0) is 11.2 Å². The molecular weight excluding hydrogens is 286 g/mol. The van der Waals surface area contributed by atoms with Crippen LogP contribution in [-0.4, -0.2) is 16.1 Å². The normalized spacial score (nSPS) is 10.5. The molecule has 0 bridgehead atoms. The Labute approximate surface area is 135 Å². The van der Waals surface area contributed by atoms with E-state index in [0.29, 0.717) is 6.42 Å². The highest BCUT2D eigenvalue weighted by Crippen LogP contribution is 2.20. The molecule has 0 spiro atoms. The Bertz CT molecular complexity index is 776. The predicted octanol–water partition coefficient (Wildman–Crippen LogP) is 3.96. The predicted molar refractivity (Wildman–Crippen MR) is 92.2 cm³/mol. The van der Waals surface area contributed by atoms with Crippen molar-refractivity contribution in [2.24, 2.45) is 0 Å². The second-order valence-corrected chi connectivity index (χ2v) is 5.55. The molecule has 0 fully saturated rings. The van der Waals surface area contributed by atoms with Gasteiger partial charge in [0.1, 0.15) is 0 Å². The van der Waals surface area contributed by atoms with E-state index < -0.39 is 0 Å². The van der Waals surface area contributed by atoms with Crippen LogP contribution in [0.5, 0.6) is 0 Å². The van der Waals surface area contributed by atoms with Crippen molar-refractivity contribution in [1.29, 1.82) is 0 Å². The molecule has 0 saturated heterocycles. The first-order chi connectivity index (χ1) is 11.2. The lowest BCUT2D eigenvalue weighted by Gasteiger charge is -2.06. The van der Waals surface area contributed by atoms with Gasteiger partial charge in [-0.15, -0.1) is 0 Å². The first-order valence-corrected chi connectivity index (χ1v) is 7.67. The fourth-order valence-electron chi connectivity index (χ4n) is 2.42. The van der Waals surface area contributed by atoms with Crippen LogP contribution in [0.1, 0.15) is 17.7 Å². The summed E-state index contributed by atoms with van der Waals surface area (Å²) in [5, 5.41) is 10.1. The molecule has 4 heteroatoms. The van der Waals surface area contributed by atoms with E-state index >= 15 is 0 Å². The summed E-state index contributed by atoms with van der Waals surface area (Å²) in [6.07, 6.45) is 1.22. The second-order valence-electron chi connectivity index (χ2n) is 5.55. The summed E-state index contributed by atoms with van der Waals surface area (Å²) in [6, 6.07) is 19.7. The van der Waals surface area contributed by atoms with Gasteiger partial charge in [-0.25, -0.2) is 0 Å². The number of aromatic nitrogens is 2. The minimum atomic E-state index is 0.0252. The summed E-state index contributed by atoms with van der Waals surface area (Å²) in [7, 11) is 0. The third kappa shape index (κ3) is 4.07. The molecule has 1 aromatic heterocycles. The molecule has 0 saturated carbocycles. The van der Waals surface area contributed by atoms with Gasteiger partial charge in [-0.2, -0.15) is 5.10 Å². The summed E-state index contributed by atoms with van der Waals surface area (Å²) in [5.74, 6) is 0.0252. The number of anilines is 1. The molecule has 0 atom stereocenters. The van der Waals surface area contributed by atoms with Crippen LogP contribution in [0.15, 0.2) is 60.7 Å². The van der Waals surface area contributed by atoms with Gasteiger partial charge in [0.2, 0.25) is 5.91 Å². The van der Waals surface area contributed by atoms with E-state index in [1.54, 1.807) is 0 Å². The van der Waals surface area contributed by atoms with E-state index in [1.807, 2.05) is 67.6 Å². The zero-order chi connectivity index (χ0) is 16.1. The first kappa shape index (κ1) is 15.0. The fourth-order valence-corrected chi connectivity index (χ4v) is 2.42. The average Bonchev–Trinajstić information content (AvgIpc) is 3.01. The van der Waals surface area contributed by atoms with Crippen molar-refractivity contribution in [1.82, 2.24) is 10.2 Å². The molecule has 0 radical (unpaired) electrons. The number of rotatable bonds is 5. The number of carbonyl (C=O) groups is 1. The monoisotopic (exact) mass is 305 g/mol. The van der Waals surface area contributed by atoms with Crippen molar-refractivity contribution in [3.05, 3.63) is 71.9 Å². The van der Waals surface area contributed by atoms with Crippen molar-refractivity contribution in [2.45, 2.75) is 19.8 Å². The number of benzene rings is 2. The zero-order valence-electron chi connectivity index (χ0n) is 13.0. The number of amides is 1. The average molecular weight is 305 g/mol. The molecule has 1 heterocycles. The van der Waals surface area contributed by atoms with Crippen molar-refractivity contribution in [3.8, 4) is 11.3 Å². The Morgan fingerprint density at radius 2 is 1.83 bits per heavy atom. The second kappa shape index (κ2) is 6.92. The highest BCUT2D eigenvalue weighted by molar-refractivity contribution is 5.91. The van der Waals surface area contributed by atoms with Gasteiger partial charge >= 0.3 is 0 Å². The van der Waals surface area contributed by atoms with E-state index in [-0.39, 0.29) is 5.91 Å². The maximum Gasteiger partial charge on any atom is 0.224 e. The number of carbonyl (C=O) groups excluding carboxylic acids is 1. The van der Waals surface area contributed by atoms with E-state index in [2.05, 4.69) is 15.5 Å². The van der Waals surface area contributed by atoms with Crippen LogP contribution >= 0.6 is 0 Å². The molecule has 1 amide bonds. The molecule has 116 valence electrons. The van der Waals surface area contributed by atoms with Crippen LogP contribution in [0, 0.1) is 6.92 Å². The van der Waals surface area contributed by atoms with Crippen molar-refractivity contribution in [3.63, 3.8) is 0 Å². The van der Waals surface area contributed by atoms with Crippen molar-refractivity contribution < 1.29 is 4.79 Å². The Morgan fingerprint density at radius 3 is 2.48 bits per heavy atom. The highest BCUT2D eigenvalue weighted by Gasteiger charge is 2.05. The van der Waals surface area contributed by atoms with Gasteiger partial charge in [0.15, 0.2) is 0 Å². The lowest BCUT2D eigenvalue weighted by Crippen LogP contribution is -2.12. The van der Waals surface area contributed by atoms with Crippen molar-refractivity contribution >= 4 is 11.6 Å². The minimum absolute atomic E-state index is 0.0252. The summed E-state index contributed by atoms with van der Waals surface area (Å²) in [5.41, 5.74) is 4.94. The molecule has 2 aromatic carbocycles. The smallest absolute Gasteiger partial charge is 0.224 e. The molecule has 3 aromatic rings. The van der Waals surface area contributed by atoms with Gasteiger partial charge in [-0.05, 0) is 37.1 Å². The number of hydrogen-bond donors (Lipinski definition) is 2. The highest BCUT2D eigenvalue weighted by atomic mass is 16.1. The van der Waals surface area contributed by atoms with Crippen LogP contribution in [0.2, 0.25) is 0 Å². The van der Waals surface area contributed by atoms with Gasteiger partial charge in [0, 0.05) is 23.4 Å². The molecule has 0 aliphatic rings. The van der Waals surface area contributed by atoms with Gasteiger partial charge in [0.25, 0.3) is 0 Å². The molecule has 4 nitrogen and oxygen atoms in total. The fraction of sp³-hybridized carbons (Fsp3) is 0.158. The number of aryl methyl sites for hydroxylation is 2. The lowest BCUT2D eigenvalue weighted by atomic mass is 10.1. The lowest BCUT2D eigenvalue weighted by molar-refractivity contribution is -0.116. The van der Waals surface area contributed by atoms with Gasteiger partial charge in [-0.1, -0.05) is 42.5 Å². The standard InChI is InChI=1S/C19H19N3O/c1-14-13-18(22-21-14)16-8-10-17(11-9-16)20-19(23)12-7-15-5-3-2-4-6-15/h2-6,8-11,13H,7,12H2,1H3,(H,20,23)(H,21,22). The van der Waals surface area contributed by atoms with E-state index in [0.717, 1.165) is 29.1 Å². The van der Waals surface area contributed by atoms with Crippen LogP contribution in [0.3, 0.4) is 0 Å². The maximum atomic E-state index is 12.0. The maximum absolute atomic E-state index is 12.0. The molecule has 0 unspecified atom stereocenters.